The molecule has 0 spiro atoms. The summed E-state index contributed by atoms with van der Waals surface area (Å²) in [5.41, 5.74) is 0. The Hall–Kier alpha value is -2.71. The fourth-order valence-corrected chi connectivity index (χ4v) is 4.80. The Morgan fingerprint density at radius 3 is 2.50 bits per heavy atom. The van der Waals surface area contributed by atoms with Crippen LogP contribution in [0.4, 0.5) is 0 Å². The standard InChI is InChI=1S/C20H21N3O4S/c24-28(25,18-11-5-2-6-12-18)23-13-7-8-16(14-23)20-22-21-19(27-20)15-26-17-9-3-1-4-10-17/h1-6,9-12,16H,7-8,13-15H2. The van der Waals surface area contributed by atoms with Crippen molar-refractivity contribution in [1.82, 2.24) is 14.5 Å². The molecule has 1 unspecified atom stereocenters. The van der Waals surface area contributed by atoms with E-state index in [0.717, 1.165) is 18.6 Å². The van der Waals surface area contributed by atoms with Crippen LogP contribution in [0, 0.1) is 0 Å². The summed E-state index contributed by atoms with van der Waals surface area (Å²) in [5, 5.41) is 8.17. The first-order valence-corrected chi connectivity index (χ1v) is 10.6. The molecule has 4 rings (SSSR count). The number of piperidine rings is 1. The summed E-state index contributed by atoms with van der Waals surface area (Å²) in [6.07, 6.45) is 1.55. The van der Waals surface area contributed by atoms with Crippen LogP contribution in [0.3, 0.4) is 0 Å². The summed E-state index contributed by atoms with van der Waals surface area (Å²) in [5.74, 6) is 1.44. The highest BCUT2D eigenvalue weighted by molar-refractivity contribution is 7.89. The minimum atomic E-state index is -3.52. The Bertz CT molecular complexity index is 1010. The van der Waals surface area contributed by atoms with Crippen molar-refractivity contribution in [2.24, 2.45) is 0 Å². The monoisotopic (exact) mass is 399 g/mol. The number of hydrogen-bond acceptors (Lipinski definition) is 6. The van der Waals surface area contributed by atoms with Crippen molar-refractivity contribution in [3.8, 4) is 5.75 Å². The molecule has 1 fully saturated rings. The minimum absolute atomic E-state index is 0.120. The normalized spacial score (nSPS) is 18.1. The number of benzene rings is 2. The fourth-order valence-electron chi connectivity index (χ4n) is 3.26. The molecule has 1 aliphatic rings. The minimum Gasteiger partial charge on any atom is -0.484 e. The topological polar surface area (TPSA) is 85.5 Å². The highest BCUT2D eigenvalue weighted by atomic mass is 32.2. The second-order valence-electron chi connectivity index (χ2n) is 6.65. The molecule has 0 saturated carbocycles. The molecule has 1 atom stereocenters. The third-order valence-electron chi connectivity index (χ3n) is 4.70. The van der Waals surface area contributed by atoms with Crippen molar-refractivity contribution in [1.29, 1.82) is 0 Å². The van der Waals surface area contributed by atoms with Crippen molar-refractivity contribution in [3.05, 3.63) is 72.4 Å². The van der Waals surface area contributed by atoms with Crippen LogP contribution in [0.2, 0.25) is 0 Å². The van der Waals surface area contributed by atoms with Gasteiger partial charge in [-0.25, -0.2) is 8.42 Å². The fraction of sp³-hybridized carbons (Fsp3) is 0.300. The highest BCUT2D eigenvalue weighted by Gasteiger charge is 2.33. The van der Waals surface area contributed by atoms with Crippen molar-refractivity contribution in [2.45, 2.75) is 30.3 Å². The molecule has 7 nitrogen and oxygen atoms in total. The predicted molar refractivity (Wildman–Crippen MR) is 102 cm³/mol. The second-order valence-corrected chi connectivity index (χ2v) is 8.59. The third-order valence-corrected chi connectivity index (χ3v) is 6.58. The van der Waals surface area contributed by atoms with Gasteiger partial charge in [0.25, 0.3) is 5.89 Å². The molecule has 1 saturated heterocycles. The van der Waals surface area contributed by atoms with Gasteiger partial charge >= 0.3 is 0 Å². The number of rotatable bonds is 6. The van der Waals surface area contributed by atoms with E-state index in [9.17, 15) is 8.42 Å². The van der Waals surface area contributed by atoms with E-state index in [-0.39, 0.29) is 12.5 Å². The first-order valence-electron chi connectivity index (χ1n) is 9.18. The zero-order valence-corrected chi connectivity index (χ0v) is 16.1. The van der Waals surface area contributed by atoms with E-state index in [1.807, 2.05) is 30.3 Å². The van der Waals surface area contributed by atoms with Crippen LogP contribution in [0.1, 0.15) is 30.5 Å². The van der Waals surface area contributed by atoms with Crippen molar-refractivity contribution >= 4 is 10.0 Å². The van der Waals surface area contributed by atoms with Gasteiger partial charge in [-0.2, -0.15) is 4.31 Å². The number of sulfonamides is 1. The van der Waals surface area contributed by atoms with Gasteiger partial charge in [-0.1, -0.05) is 36.4 Å². The molecule has 0 bridgehead atoms. The maximum atomic E-state index is 12.9. The van der Waals surface area contributed by atoms with Crippen LogP contribution in [-0.2, 0) is 16.6 Å². The highest BCUT2D eigenvalue weighted by Crippen LogP contribution is 2.29. The van der Waals surface area contributed by atoms with Crippen LogP contribution in [0.5, 0.6) is 5.75 Å². The lowest BCUT2D eigenvalue weighted by Gasteiger charge is -2.30. The summed E-state index contributed by atoms with van der Waals surface area (Å²) in [6, 6.07) is 17.9. The smallest absolute Gasteiger partial charge is 0.253 e. The van der Waals surface area contributed by atoms with Gasteiger partial charge in [0, 0.05) is 13.1 Å². The molecule has 3 aromatic rings. The maximum absolute atomic E-state index is 12.9. The Labute approximate surface area is 164 Å². The Morgan fingerprint density at radius 1 is 1.04 bits per heavy atom. The Morgan fingerprint density at radius 2 is 1.75 bits per heavy atom. The van der Waals surface area contributed by atoms with Crippen LogP contribution in [0.15, 0.2) is 70.0 Å². The van der Waals surface area contributed by atoms with E-state index in [2.05, 4.69) is 10.2 Å². The first kappa shape index (κ1) is 18.6. The molecular weight excluding hydrogens is 378 g/mol. The zero-order valence-electron chi connectivity index (χ0n) is 15.3. The average molecular weight is 399 g/mol. The summed E-state index contributed by atoms with van der Waals surface area (Å²) < 4.78 is 38.6. The summed E-state index contributed by atoms with van der Waals surface area (Å²) in [6.45, 7) is 1.00. The Kier molecular flexibility index (Phi) is 5.40. The summed E-state index contributed by atoms with van der Waals surface area (Å²) >= 11 is 0. The Balaban J connectivity index is 1.43. The van der Waals surface area contributed by atoms with E-state index in [1.165, 1.54) is 4.31 Å². The van der Waals surface area contributed by atoms with Crippen LogP contribution in [0.25, 0.3) is 0 Å². The van der Waals surface area contributed by atoms with Crippen molar-refractivity contribution in [2.75, 3.05) is 13.1 Å². The molecule has 0 N–H and O–H groups in total. The van der Waals surface area contributed by atoms with Crippen LogP contribution >= 0.6 is 0 Å². The van der Waals surface area contributed by atoms with Crippen LogP contribution < -0.4 is 4.74 Å². The molecule has 0 radical (unpaired) electrons. The van der Waals surface area contributed by atoms with Gasteiger partial charge in [0.15, 0.2) is 6.61 Å². The van der Waals surface area contributed by atoms with Gasteiger partial charge in [0.2, 0.25) is 15.9 Å². The van der Waals surface area contributed by atoms with E-state index < -0.39 is 10.0 Å². The summed E-state index contributed by atoms with van der Waals surface area (Å²) in [4.78, 5) is 0.304. The lowest BCUT2D eigenvalue weighted by atomic mass is 10.00. The molecule has 1 aromatic heterocycles. The largest absolute Gasteiger partial charge is 0.484 e. The van der Waals surface area contributed by atoms with Gasteiger partial charge in [-0.3, -0.25) is 0 Å². The number of nitrogens with zero attached hydrogens (tertiary/aromatic N) is 3. The SMILES string of the molecule is O=S(=O)(c1ccccc1)N1CCCC(c2nnc(COc3ccccc3)o2)C1. The van der Waals surface area contributed by atoms with E-state index >= 15 is 0 Å². The molecule has 1 aliphatic heterocycles. The van der Waals surface area contributed by atoms with Gasteiger partial charge in [0.05, 0.1) is 10.8 Å². The number of aromatic nitrogens is 2. The number of hydrogen-bond donors (Lipinski definition) is 0. The van der Waals surface area contributed by atoms with Gasteiger partial charge in [-0.15, -0.1) is 10.2 Å². The number of ether oxygens (including phenoxy) is 1. The molecule has 0 amide bonds. The molecular formula is C20H21N3O4S. The van der Waals surface area contributed by atoms with Crippen molar-refractivity contribution < 1.29 is 17.6 Å². The van der Waals surface area contributed by atoms with Gasteiger partial charge in [0.1, 0.15) is 5.75 Å². The molecule has 8 heteroatoms. The van der Waals surface area contributed by atoms with Gasteiger partial charge in [-0.05, 0) is 37.1 Å². The maximum Gasteiger partial charge on any atom is 0.253 e. The lowest BCUT2D eigenvalue weighted by Crippen LogP contribution is -2.39. The molecule has 2 heterocycles. The van der Waals surface area contributed by atoms with E-state index in [1.54, 1.807) is 30.3 Å². The second kappa shape index (κ2) is 8.12. The molecule has 28 heavy (non-hydrogen) atoms. The zero-order chi connectivity index (χ0) is 19.4. The molecule has 0 aliphatic carbocycles. The van der Waals surface area contributed by atoms with E-state index in [4.69, 9.17) is 9.15 Å². The lowest BCUT2D eigenvalue weighted by molar-refractivity contribution is 0.243. The molecule has 146 valence electrons. The first-order chi connectivity index (χ1) is 13.6. The van der Waals surface area contributed by atoms with Gasteiger partial charge < -0.3 is 9.15 Å². The predicted octanol–water partition coefficient (Wildman–Crippen LogP) is 3.22. The average Bonchev–Trinajstić information content (AvgIpc) is 3.23. The van der Waals surface area contributed by atoms with E-state index in [0.29, 0.717) is 29.8 Å². The quantitative estimate of drug-likeness (QED) is 0.633. The molecule has 2 aromatic carbocycles. The number of para-hydroxylation sites is 1. The summed E-state index contributed by atoms with van der Waals surface area (Å²) in [7, 11) is -3.52. The third kappa shape index (κ3) is 4.07. The van der Waals surface area contributed by atoms with Crippen LogP contribution in [-0.4, -0.2) is 36.0 Å². The van der Waals surface area contributed by atoms with Crippen molar-refractivity contribution in [3.63, 3.8) is 0 Å².